The molecule has 0 saturated carbocycles. The lowest BCUT2D eigenvalue weighted by molar-refractivity contribution is 0.355. The van der Waals surface area contributed by atoms with Gasteiger partial charge in [-0.25, -0.2) is 0 Å². The lowest BCUT2D eigenvalue weighted by Gasteiger charge is -2.23. The van der Waals surface area contributed by atoms with Gasteiger partial charge in [0, 0.05) is 17.2 Å². The fraction of sp³-hybridized carbons (Fsp3) is 0. The molecular formula is C12H3Br3Cl2O2. The topological polar surface area (TPSA) is 18.5 Å². The number of hydrogen-bond donors (Lipinski definition) is 0. The smallest absolute Gasteiger partial charge is 0.185 e. The van der Waals surface area contributed by atoms with Crippen molar-refractivity contribution in [3.05, 3.63) is 41.7 Å². The van der Waals surface area contributed by atoms with Gasteiger partial charge in [0.25, 0.3) is 0 Å². The SMILES string of the molecule is Clc1cc(Br)c2c(c1)Oc1cc(Cl)c(Br)c(Br)c1O2. The van der Waals surface area contributed by atoms with Crippen LogP contribution in [0, 0.1) is 0 Å². The van der Waals surface area contributed by atoms with Crippen LogP contribution in [0.1, 0.15) is 0 Å². The first-order valence-corrected chi connectivity index (χ1v) is 8.13. The molecule has 2 aromatic carbocycles. The predicted octanol–water partition coefficient (Wildman–Crippen LogP) is 7.18. The van der Waals surface area contributed by atoms with Crippen LogP contribution in [0.4, 0.5) is 0 Å². The van der Waals surface area contributed by atoms with Gasteiger partial charge >= 0.3 is 0 Å². The van der Waals surface area contributed by atoms with Gasteiger partial charge in [-0.2, -0.15) is 0 Å². The summed E-state index contributed by atoms with van der Waals surface area (Å²) in [5.74, 6) is 2.21. The van der Waals surface area contributed by atoms with E-state index < -0.39 is 0 Å². The highest BCUT2D eigenvalue weighted by Gasteiger charge is 2.26. The molecule has 0 bridgehead atoms. The second-order valence-electron chi connectivity index (χ2n) is 3.73. The fourth-order valence-electron chi connectivity index (χ4n) is 1.66. The number of fused-ring (bicyclic) bond motifs is 2. The molecule has 7 heteroatoms. The zero-order valence-corrected chi connectivity index (χ0v) is 15.2. The Morgan fingerprint density at radius 2 is 1.47 bits per heavy atom. The van der Waals surface area contributed by atoms with Crippen molar-refractivity contribution < 1.29 is 9.47 Å². The molecule has 0 fully saturated rings. The van der Waals surface area contributed by atoms with Crippen molar-refractivity contribution in [2.24, 2.45) is 0 Å². The maximum absolute atomic E-state index is 6.09. The molecule has 0 saturated heterocycles. The van der Waals surface area contributed by atoms with E-state index in [4.69, 9.17) is 32.7 Å². The average molecular weight is 490 g/mol. The predicted molar refractivity (Wildman–Crippen MR) is 86.2 cm³/mol. The lowest BCUT2D eigenvalue weighted by Crippen LogP contribution is -2.01. The molecule has 0 radical (unpaired) electrons. The molecule has 98 valence electrons. The van der Waals surface area contributed by atoms with Crippen LogP contribution in [-0.2, 0) is 0 Å². The molecule has 3 rings (SSSR count). The second kappa shape index (κ2) is 5.11. The Balaban J connectivity index is 2.20. The van der Waals surface area contributed by atoms with Crippen molar-refractivity contribution in [3.8, 4) is 23.0 Å². The minimum absolute atomic E-state index is 0.527. The van der Waals surface area contributed by atoms with Crippen LogP contribution in [-0.4, -0.2) is 0 Å². The number of hydrogen-bond acceptors (Lipinski definition) is 2. The van der Waals surface area contributed by atoms with Gasteiger partial charge in [0.15, 0.2) is 23.0 Å². The lowest BCUT2D eigenvalue weighted by atomic mass is 10.2. The Bertz CT molecular complexity index is 704. The van der Waals surface area contributed by atoms with Gasteiger partial charge in [0.1, 0.15) is 0 Å². The summed E-state index contributed by atoms with van der Waals surface area (Å²) in [4.78, 5) is 0. The highest BCUT2D eigenvalue weighted by Crippen LogP contribution is 2.54. The second-order valence-corrected chi connectivity index (χ2v) is 7.02. The van der Waals surface area contributed by atoms with Crippen LogP contribution < -0.4 is 9.47 Å². The van der Waals surface area contributed by atoms with E-state index in [1.807, 2.05) is 0 Å². The first-order valence-electron chi connectivity index (χ1n) is 4.99. The summed E-state index contributed by atoms with van der Waals surface area (Å²) < 4.78 is 13.8. The van der Waals surface area contributed by atoms with Crippen molar-refractivity contribution in [1.82, 2.24) is 0 Å². The number of halogens is 5. The standard InChI is InChI=1S/C12H3Br3Cl2O2/c13-5-1-4(16)2-7-11(5)19-12-8(18-7)3-6(17)9(14)10(12)15/h1-3H. The molecule has 1 heterocycles. The molecule has 1 aliphatic rings. The molecular weight excluding hydrogens is 487 g/mol. The molecule has 0 aromatic heterocycles. The Morgan fingerprint density at radius 3 is 2.21 bits per heavy atom. The molecule has 0 spiro atoms. The van der Waals surface area contributed by atoms with E-state index in [0.717, 1.165) is 4.47 Å². The van der Waals surface area contributed by atoms with E-state index in [0.29, 0.717) is 42.0 Å². The normalized spacial score (nSPS) is 12.3. The maximum atomic E-state index is 6.09. The quantitative estimate of drug-likeness (QED) is 0.311. The van der Waals surface area contributed by atoms with Crippen LogP contribution in [0.25, 0.3) is 0 Å². The molecule has 0 amide bonds. The largest absolute Gasteiger partial charge is 0.449 e. The number of ether oxygens (including phenoxy) is 2. The Hall–Kier alpha value is 0.0600. The van der Waals surface area contributed by atoms with Crippen LogP contribution >= 0.6 is 71.0 Å². The third kappa shape index (κ3) is 2.40. The van der Waals surface area contributed by atoms with E-state index in [2.05, 4.69) is 47.8 Å². The molecule has 2 nitrogen and oxygen atoms in total. The molecule has 0 atom stereocenters. The maximum Gasteiger partial charge on any atom is 0.185 e. The molecule has 1 aliphatic heterocycles. The van der Waals surface area contributed by atoms with Crippen molar-refractivity contribution in [1.29, 1.82) is 0 Å². The van der Waals surface area contributed by atoms with Crippen molar-refractivity contribution >= 4 is 71.0 Å². The Morgan fingerprint density at radius 1 is 0.789 bits per heavy atom. The summed E-state index contributed by atoms with van der Waals surface area (Å²) in [6, 6.07) is 5.12. The van der Waals surface area contributed by atoms with Gasteiger partial charge in [-0.1, -0.05) is 23.2 Å². The zero-order chi connectivity index (χ0) is 13.7. The Labute approximate surface area is 144 Å². The van der Waals surface area contributed by atoms with E-state index >= 15 is 0 Å². The molecule has 0 N–H and O–H groups in total. The van der Waals surface area contributed by atoms with E-state index in [-0.39, 0.29) is 0 Å². The van der Waals surface area contributed by atoms with Gasteiger partial charge in [-0.05, 0) is 53.9 Å². The third-order valence-electron chi connectivity index (χ3n) is 2.48. The summed E-state index contributed by atoms with van der Waals surface area (Å²) in [6.07, 6.45) is 0. The van der Waals surface area contributed by atoms with Crippen LogP contribution in [0.2, 0.25) is 10.0 Å². The van der Waals surface area contributed by atoms with Gasteiger partial charge in [0.2, 0.25) is 0 Å². The minimum Gasteiger partial charge on any atom is -0.449 e. The number of rotatable bonds is 0. The number of benzene rings is 2. The summed E-state index contributed by atoms with van der Waals surface area (Å²) in [5.41, 5.74) is 0. The van der Waals surface area contributed by atoms with Gasteiger partial charge < -0.3 is 9.47 Å². The van der Waals surface area contributed by atoms with Crippen LogP contribution in [0.5, 0.6) is 23.0 Å². The van der Waals surface area contributed by atoms with Gasteiger partial charge in [-0.3, -0.25) is 0 Å². The first kappa shape index (κ1) is 14.0. The van der Waals surface area contributed by atoms with Gasteiger partial charge in [0.05, 0.1) is 18.4 Å². The average Bonchev–Trinajstić information content (AvgIpc) is 2.34. The first-order chi connectivity index (χ1) is 8.97. The summed E-state index contributed by atoms with van der Waals surface area (Å²) in [6.45, 7) is 0. The Kier molecular flexibility index (Phi) is 3.77. The summed E-state index contributed by atoms with van der Waals surface area (Å²) in [7, 11) is 0. The van der Waals surface area contributed by atoms with Crippen LogP contribution in [0.3, 0.4) is 0 Å². The minimum atomic E-state index is 0.527. The summed E-state index contributed by atoms with van der Waals surface area (Å²) >= 11 is 22.3. The van der Waals surface area contributed by atoms with Crippen molar-refractivity contribution in [2.75, 3.05) is 0 Å². The molecule has 0 unspecified atom stereocenters. The highest BCUT2D eigenvalue weighted by molar-refractivity contribution is 9.13. The van der Waals surface area contributed by atoms with Crippen LogP contribution in [0.15, 0.2) is 31.6 Å². The van der Waals surface area contributed by atoms with Crippen molar-refractivity contribution in [2.45, 2.75) is 0 Å². The molecule has 2 aromatic rings. The van der Waals surface area contributed by atoms with E-state index in [9.17, 15) is 0 Å². The summed E-state index contributed by atoms with van der Waals surface area (Å²) in [5, 5.41) is 1.08. The monoisotopic (exact) mass is 486 g/mol. The van der Waals surface area contributed by atoms with Gasteiger partial charge in [-0.15, -0.1) is 0 Å². The van der Waals surface area contributed by atoms with Crippen molar-refractivity contribution in [3.63, 3.8) is 0 Å². The zero-order valence-electron chi connectivity index (χ0n) is 8.94. The fourth-order valence-corrected chi connectivity index (χ4v) is 3.61. The molecule has 0 aliphatic carbocycles. The highest BCUT2D eigenvalue weighted by atomic mass is 79.9. The van der Waals surface area contributed by atoms with E-state index in [1.54, 1.807) is 18.2 Å². The third-order valence-corrected chi connectivity index (χ3v) is 5.93. The molecule has 19 heavy (non-hydrogen) atoms. The van der Waals surface area contributed by atoms with E-state index in [1.165, 1.54) is 0 Å².